The van der Waals surface area contributed by atoms with Crippen LogP contribution in [-0.2, 0) is 4.79 Å². The highest BCUT2D eigenvalue weighted by molar-refractivity contribution is 5.85. The average Bonchev–Trinajstić information content (AvgIpc) is 1.38. The van der Waals surface area contributed by atoms with Gasteiger partial charge >= 0.3 is 5.97 Å². The minimum absolute atomic E-state index is 1.22. The van der Waals surface area contributed by atoms with Gasteiger partial charge in [0, 0.05) is 5.92 Å². The van der Waals surface area contributed by atoms with Gasteiger partial charge < -0.3 is 5.11 Å². The Morgan fingerprint density at radius 1 is 2.00 bits per heavy atom. The van der Waals surface area contributed by atoms with Crippen LogP contribution >= 0.6 is 0 Å². The molecule has 0 radical (unpaired) electrons. The van der Waals surface area contributed by atoms with E-state index in [0.717, 1.165) is 0 Å². The van der Waals surface area contributed by atoms with Gasteiger partial charge in [0.15, 0.2) is 0 Å². The van der Waals surface area contributed by atoms with E-state index in [0.29, 0.717) is 0 Å². The van der Waals surface area contributed by atoms with Crippen LogP contribution in [0.25, 0.3) is 0 Å². The van der Waals surface area contributed by atoms with Crippen LogP contribution in [0.1, 0.15) is 0 Å². The minimum atomic E-state index is -1.22. The number of terminal acetylenes is 1. The molecule has 0 aromatic heterocycles. The second-order valence-electron chi connectivity index (χ2n) is 0.449. The molecule has 0 atom stereocenters. The highest BCUT2D eigenvalue weighted by atomic mass is 16.3. The van der Waals surface area contributed by atoms with E-state index < -0.39 is 5.97 Å². The summed E-state index contributed by atoms with van der Waals surface area (Å²) >= 11 is 0. The summed E-state index contributed by atoms with van der Waals surface area (Å²) in [5.74, 6) is 0.227. The fourth-order valence-electron chi connectivity index (χ4n) is 0. The first-order valence-electron chi connectivity index (χ1n) is 0.966. The van der Waals surface area contributed by atoms with Crippen LogP contribution < -0.4 is 0 Å². The number of hydrogen-bond acceptors (Lipinski definition) is 1. The third kappa shape index (κ3) is 3.03. The molecule has 0 fully saturated rings. The summed E-state index contributed by atoms with van der Waals surface area (Å²) in [5, 5.41) is 7.49. The zero-order valence-electron chi connectivity index (χ0n) is 2.43. The first-order valence-corrected chi connectivity index (χ1v) is 0.966. The molecule has 0 spiro atoms. The maximum absolute atomic E-state index is 9.13. The number of hydrogen-bond donors (Lipinski definition) is 1. The molecular weight excluding hydrogens is 65.1 g/mol. The Labute approximate surface area is 29.4 Å². The first-order chi connectivity index (χ1) is 2.27. The van der Waals surface area contributed by atoms with Gasteiger partial charge in [0.05, 0.1) is 0 Å². The van der Waals surface area contributed by atoms with Gasteiger partial charge in [-0.3, -0.25) is 0 Å². The lowest BCUT2D eigenvalue weighted by molar-refractivity contribution is -0.130. The molecule has 0 rings (SSSR count). The van der Waals surface area contributed by atoms with Crippen LogP contribution in [0.4, 0.5) is 0 Å². The lowest BCUT2D eigenvalue weighted by Gasteiger charge is -1.60. The second-order valence-corrected chi connectivity index (χ2v) is 0.449. The molecule has 1 N–H and O–H groups in total. The van der Waals surface area contributed by atoms with E-state index in [1.807, 2.05) is 0 Å². The summed E-state index contributed by atoms with van der Waals surface area (Å²) in [6, 6.07) is 0. The number of aliphatic carboxylic acids is 1. The SMILES string of the molecule is C#CC(O)=[13O]. The van der Waals surface area contributed by atoms with E-state index in [1.165, 1.54) is 5.92 Å². The van der Waals surface area contributed by atoms with Crippen molar-refractivity contribution < 1.29 is 9.90 Å². The van der Waals surface area contributed by atoms with Crippen molar-refractivity contribution in [3.63, 3.8) is 0 Å². The van der Waals surface area contributed by atoms with Gasteiger partial charge in [-0.05, 0) is 0 Å². The third-order valence-electron chi connectivity index (χ3n) is 0.123. The summed E-state index contributed by atoms with van der Waals surface area (Å²) in [5.41, 5.74) is 0. The molecule has 0 aliphatic heterocycles. The van der Waals surface area contributed by atoms with Crippen molar-refractivity contribution in [3.05, 3.63) is 0 Å². The van der Waals surface area contributed by atoms with Gasteiger partial charge in [-0.2, -0.15) is 0 Å². The van der Waals surface area contributed by atoms with Crippen LogP contribution in [0.3, 0.4) is 0 Å². The third-order valence-corrected chi connectivity index (χ3v) is 0.123. The predicted molar refractivity (Wildman–Crippen MR) is 16.5 cm³/mol. The van der Waals surface area contributed by atoms with Gasteiger partial charge in [0.1, 0.15) is 0 Å². The Bertz CT molecular complexity index is 77.4. The Hall–Kier alpha value is -0.970. The molecule has 2 nitrogen and oxygen atoms in total. The van der Waals surface area contributed by atoms with Gasteiger partial charge in [-0.15, -0.1) is 6.42 Å². The summed E-state index contributed by atoms with van der Waals surface area (Å²) < 4.78 is 0. The molecule has 0 aliphatic carbocycles. The Morgan fingerprint density at radius 2 is 2.20 bits per heavy atom. The zero-order chi connectivity index (χ0) is 4.28. The largest absolute Gasteiger partial charge is 0.472 e. The molecular formula is C3H2O2. The topological polar surface area (TPSA) is 37.3 Å². The lowest BCUT2D eigenvalue weighted by Crippen LogP contribution is -1.83. The van der Waals surface area contributed by atoms with Crippen LogP contribution in [0.15, 0.2) is 0 Å². The molecule has 0 bridgehead atoms. The number of carbonyl (C=O) groups is 1. The van der Waals surface area contributed by atoms with E-state index in [1.54, 1.807) is 0 Å². The molecule has 0 aromatic rings. The highest BCUT2D eigenvalue weighted by Crippen LogP contribution is 1.44. The summed E-state index contributed by atoms with van der Waals surface area (Å²) in [4.78, 5) is 9.13. The van der Waals surface area contributed by atoms with Gasteiger partial charge in [-0.1, -0.05) is 0 Å². The summed E-state index contributed by atoms with van der Waals surface area (Å²) in [7, 11) is 0. The normalized spacial score (nSPS) is 5.40. The monoisotopic (exact) mass is 67.0 g/mol. The van der Waals surface area contributed by atoms with Crippen molar-refractivity contribution >= 4 is 5.97 Å². The van der Waals surface area contributed by atoms with Crippen LogP contribution in [0, 0.1) is 12.3 Å². The Morgan fingerprint density at radius 3 is 2.20 bits per heavy atom. The summed E-state index contributed by atoms with van der Waals surface area (Å²) in [6.07, 6.45) is 4.32. The lowest BCUT2D eigenvalue weighted by atomic mass is 10.7. The smallest absolute Gasteiger partial charge is 0.381 e. The van der Waals surface area contributed by atoms with Crippen molar-refractivity contribution in [3.8, 4) is 12.3 Å². The van der Waals surface area contributed by atoms with Crippen molar-refractivity contribution in [2.24, 2.45) is 0 Å². The molecule has 0 amide bonds. The van der Waals surface area contributed by atoms with Crippen LogP contribution in [0.5, 0.6) is 0 Å². The molecule has 0 saturated carbocycles. The second kappa shape index (κ2) is 1.36. The molecule has 0 aromatic carbocycles. The van der Waals surface area contributed by atoms with Crippen molar-refractivity contribution in [1.29, 1.82) is 0 Å². The van der Waals surface area contributed by atoms with Crippen molar-refractivity contribution in [1.82, 2.24) is 0 Å². The quantitative estimate of drug-likeness (QED) is 0.395. The number of carboxylic acids is 1. The predicted octanol–water partition coefficient (Wildman–Crippen LogP) is -0.296. The molecule has 0 aliphatic rings. The van der Waals surface area contributed by atoms with Gasteiger partial charge in [-0.25, -0.2) is 4.79 Å². The first kappa shape index (κ1) is 4.03. The summed E-state index contributed by atoms with van der Waals surface area (Å²) in [6.45, 7) is 0. The highest BCUT2D eigenvalue weighted by Gasteiger charge is 1.74. The molecule has 0 saturated heterocycles. The van der Waals surface area contributed by atoms with Crippen molar-refractivity contribution in [2.75, 3.05) is 0 Å². The fraction of sp³-hybridized carbons (Fsp3) is 0. The van der Waals surface area contributed by atoms with E-state index in [2.05, 4.69) is 6.42 Å². The fourth-order valence-corrected chi connectivity index (χ4v) is 0. The average molecular weight is 67.1 g/mol. The Kier molecular flexibility index (Phi) is 1.10. The maximum Gasteiger partial charge on any atom is 0.381 e. The standard InChI is InChI=1S/C3H2O2/c1-2-3(4)5/h1H,(H,4,5)/i4-3. The number of rotatable bonds is 0. The number of carboxylic acid groups (broad SMARTS) is 1. The Balaban J connectivity index is 3.35. The van der Waals surface area contributed by atoms with E-state index in [4.69, 9.17) is 9.90 Å². The molecule has 5 heavy (non-hydrogen) atoms. The van der Waals surface area contributed by atoms with Gasteiger partial charge in [0.25, 0.3) is 0 Å². The molecule has 0 heterocycles. The minimum Gasteiger partial charge on any atom is -0.472 e. The van der Waals surface area contributed by atoms with Gasteiger partial charge in [0.2, 0.25) is 0 Å². The van der Waals surface area contributed by atoms with Crippen molar-refractivity contribution in [2.45, 2.75) is 0 Å². The zero-order valence-corrected chi connectivity index (χ0v) is 2.43. The van der Waals surface area contributed by atoms with E-state index >= 15 is 0 Å². The molecule has 2 heteroatoms. The molecule has 0 unspecified atom stereocenters. The van der Waals surface area contributed by atoms with E-state index in [-0.39, 0.29) is 0 Å². The van der Waals surface area contributed by atoms with E-state index in [9.17, 15) is 0 Å². The van der Waals surface area contributed by atoms with Crippen LogP contribution in [0.2, 0.25) is 0 Å². The van der Waals surface area contributed by atoms with Crippen LogP contribution in [-0.4, -0.2) is 11.1 Å². The maximum atomic E-state index is 9.13. The molecule has 26 valence electrons.